The molecule has 2 aromatic carbocycles. The summed E-state index contributed by atoms with van der Waals surface area (Å²) in [6, 6.07) is 20.0. The predicted octanol–water partition coefficient (Wildman–Crippen LogP) is 4.01. The van der Waals surface area contributed by atoms with Crippen LogP contribution in [0.15, 0.2) is 79.1 Å². The highest BCUT2D eigenvalue weighted by atomic mass is 16.5. The van der Waals surface area contributed by atoms with Crippen LogP contribution >= 0.6 is 0 Å². The van der Waals surface area contributed by atoms with Gasteiger partial charge in [0.1, 0.15) is 0 Å². The average Bonchev–Trinajstić information content (AvgIpc) is 2.82. The molecule has 4 rings (SSSR count). The van der Waals surface area contributed by atoms with Gasteiger partial charge >= 0.3 is 5.97 Å². The molecule has 0 unspecified atom stereocenters. The second-order valence-corrected chi connectivity index (χ2v) is 6.69. The van der Waals surface area contributed by atoms with Crippen LogP contribution in [0.1, 0.15) is 26.3 Å². The van der Waals surface area contributed by atoms with E-state index in [2.05, 4.69) is 15.3 Å². The van der Waals surface area contributed by atoms with E-state index < -0.39 is 5.97 Å². The van der Waals surface area contributed by atoms with Gasteiger partial charge < -0.3 is 10.1 Å². The number of benzene rings is 2. The Labute approximate surface area is 173 Å². The number of methoxy groups -OCH3 is 1. The Morgan fingerprint density at radius 3 is 2.53 bits per heavy atom. The number of para-hydroxylation sites is 1. The Morgan fingerprint density at radius 2 is 1.80 bits per heavy atom. The molecule has 6 nitrogen and oxygen atoms in total. The number of ether oxygens (including phenoxy) is 1. The molecular weight excluding hydrogens is 378 g/mol. The highest BCUT2D eigenvalue weighted by Gasteiger charge is 2.14. The second kappa shape index (κ2) is 8.53. The number of nitrogens with one attached hydrogen (secondary N) is 1. The van der Waals surface area contributed by atoms with Gasteiger partial charge in [0.2, 0.25) is 0 Å². The van der Waals surface area contributed by atoms with Gasteiger partial charge in [0, 0.05) is 29.9 Å². The van der Waals surface area contributed by atoms with Crippen LogP contribution in [0.25, 0.3) is 22.2 Å². The molecule has 0 aliphatic rings. The Kier molecular flexibility index (Phi) is 5.48. The van der Waals surface area contributed by atoms with Crippen molar-refractivity contribution >= 4 is 22.8 Å². The quantitative estimate of drug-likeness (QED) is 0.515. The molecule has 0 radical (unpaired) electrons. The van der Waals surface area contributed by atoms with E-state index in [1.165, 1.54) is 7.11 Å². The van der Waals surface area contributed by atoms with Crippen molar-refractivity contribution < 1.29 is 14.3 Å². The van der Waals surface area contributed by atoms with Crippen LogP contribution in [0, 0.1) is 0 Å². The van der Waals surface area contributed by atoms with Crippen LogP contribution in [0.2, 0.25) is 0 Å². The van der Waals surface area contributed by atoms with Crippen molar-refractivity contribution in [1.29, 1.82) is 0 Å². The Balaban J connectivity index is 1.60. The molecule has 0 fully saturated rings. The lowest BCUT2D eigenvalue weighted by atomic mass is 10.0. The summed E-state index contributed by atoms with van der Waals surface area (Å²) >= 11 is 0. The van der Waals surface area contributed by atoms with E-state index in [9.17, 15) is 9.59 Å². The normalized spacial score (nSPS) is 10.6. The number of esters is 1. The summed E-state index contributed by atoms with van der Waals surface area (Å²) in [7, 11) is 1.34. The first-order valence-corrected chi connectivity index (χ1v) is 9.41. The summed E-state index contributed by atoms with van der Waals surface area (Å²) in [5, 5.41) is 3.73. The van der Waals surface area contributed by atoms with Crippen molar-refractivity contribution in [3.63, 3.8) is 0 Å². The van der Waals surface area contributed by atoms with E-state index in [4.69, 9.17) is 4.74 Å². The van der Waals surface area contributed by atoms with Gasteiger partial charge in [0.25, 0.3) is 5.91 Å². The molecule has 2 heterocycles. The Hall–Kier alpha value is -4.06. The van der Waals surface area contributed by atoms with E-state index in [1.807, 2.05) is 36.4 Å². The third kappa shape index (κ3) is 4.03. The summed E-state index contributed by atoms with van der Waals surface area (Å²) < 4.78 is 4.70. The summed E-state index contributed by atoms with van der Waals surface area (Å²) in [5.41, 5.74) is 4.16. The molecule has 6 heteroatoms. The monoisotopic (exact) mass is 397 g/mol. The fourth-order valence-electron chi connectivity index (χ4n) is 3.18. The lowest BCUT2D eigenvalue weighted by Gasteiger charge is -2.11. The van der Waals surface area contributed by atoms with Crippen molar-refractivity contribution in [1.82, 2.24) is 15.3 Å². The molecule has 0 saturated heterocycles. The first kappa shape index (κ1) is 19.3. The van der Waals surface area contributed by atoms with E-state index in [0.29, 0.717) is 23.4 Å². The number of rotatable bonds is 5. The minimum absolute atomic E-state index is 0.198. The maximum absolute atomic E-state index is 13.0. The molecule has 0 saturated carbocycles. The van der Waals surface area contributed by atoms with Gasteiger partial charge in [-0.1, -0.05) is 30.3 Å². The minimum Gasteiger partial charge on any atom is -0.465 e. The zero-order chi connectivity index (χ0) is 20.9. The molecule has 1 amide bonds. The average molecular weight is 397 g/mol. The fourth-order valence-corrected chi connectivity index (χ4v) is 3.18. The molecule has 30 heavy (non-hydrogen) atoms. The fraction of sp³-hybridized carbons (Fsp3) is 0.0833. The van der Waals surface area contributed by atoms with Crippen molar-refractivity contribution in [3.8, 4) is 11.3 Å². The number of hydrogen-bond acceptors (Lipinski definition) is 5. The molecule has 148 valence electrons. The largest absolute Gasteiger partial charge is 0.465 e. The van der Waals surface area contributed by atoms with Crippen LogP contribution in [0.5, 0.6) is 0 Å². The molecule has 0 bridgehead atoms. The smallest absolute Gasteiger partial charge is 0.337 e. The van der Waals surface area contributed by atoms with Gasteiger partial charge in [-0.3, -0.25) is 9.78 Å². The summed E-state index contributed by atoms with van der Waals surface area (Å²) in [4.78, 5) is 33.4. The predicted molar refractivity (Wildman–Crippen MR) is 114 cm³/mol. The standard InChI is InChI=1S/C24H19N3O3/c1-30-24(29)17-10-8-16(9-11-17)14-26-23(28)20-13-22(18-5-4-12-25-15-18)27-21-7-3-2-6-19(20)21/h2-13,15H,14H2,1H3,(H,26,28). The van der Waals surface area contributed by atoms with Gasteiger partial charge in [-0.05, 0) is 42.0 Å². The van der Waals surface area contributed by atoms with Gasteiger partial charge in [0.05, 0.1) is 29.4 Å². The zero-order valence-electron chi connectivity index (χ0n) is 16.3. The Morgan fingerprint density at radius 1 is 1.00 bits per heavy atom. The number of nitrogens with zero attached hydrogens (tertiary/aromatic N) is 2. The van der Waals surface area contributed by atoms with Crippen molar-refractivity contribution in [3.05, 3.63) is 95.8 Å². The third-order valence-corrected chi connectivity index (χ3v) is 4.75. The van der Waals surface area contributed by atoms with Gasteiger partial charge in [-0.25, -0.2) is 9.78 Å². The molecule has 1 N–H and O–H groups in total. The van der Waals surface area contributed by atoms with Crippen molar-refractivity contribution in [2.45, 2.75) is 6.54 Å². The van der Waals surface area contributed by atoms with E-state index >= 15 is 0 Å². The summed E-state index contributed by atoms with van der Waals surface area (Å²) in [5.74, 6) is -0.590. The zero-order valence-corrected chi connectivity index (χ0v) is 16.3. The second-order valence-electron chi connectivity index (χ2n) is 6.69. The summed E-state index contributed by atoms with van der Waals surface area (Å²) in [6.45, 7) is 0.333. The maximum atomic E-state index is 13.0. The molecule has 4 aromatic rings. The lowest BCUT2D eigenvalue weighted by molar-refractivity contribution is 0.0600. The molecule has 0 aliphatic heterocycles. The number of carbonyl (C=O) groups is 2. The van der Waals surface area contributed by atoms with Gasteiger partial charge in [-0.15, -0.1) is 0 Å². The number of amides is 1. The topological polar surface area (TPSA) is 81.2 Å². The third-order valence-electron chi connectivity index (χ3n) is 4.75. The SMILES string of the molecule is COC(=O)c1ccc(CNC(=O)c2cc(-c3cccnc3)nc3ccccc23)cc1. The molecule has 0 spiro atoms. The van der Waals surface area contributed by atoms with Crippen molar-refractivity contribution in [2.24, 2.45) is 0 Å². The van der Waals surface area contributed by atoms with Crippen molar-refractivity contribution in [2.75, 3.05) is 7.11 Å². The maximum Gasteiger partial charge on any atom is 0.337 e. The van der Waals surface area contributed by atoms with Gasteiger partial charge in [-0.2, -0.15) is 0 Å². The number of pyridine rings is 2. The van der Waals surface area contributed by atoms with E-state index in [0.717, 1.165) is 22.0 Å². The van der Waals surface area contributed by atoms with E-state index in [-0.39, 0.29) is 5.91 Å². The Bertz CT molecular complexity index is 1210. The van der Waals surface area contributed by atoms with Crippen LogP contribution in [0.4, 0.5) is 0 Å². The molecule has 0 aliphatic carbocycles. The van der Waals surface area contributed by atoms with Crippen LogP contribution in [-0.4, -0.2) is 29.0 Å². The number of hydrogen-bond donors (Lipinski definition) is 1. The van der Waals surface area contributed by atoms with Crippen LogP contribution in [0.3, 0.4) is 0 Å². The molecule has 2 aromatic heterocycles. The molecular formula is C24H19N3O3. The highest BCUT2D eigenvalue weighted by Crippen LogP contribution is 2.24. The van der Waals surface area contributed by atoms with Crippen LogP contribution < -0.4 is 5.32 Å². The van der Waals surface area contributed by atoms with E-state index in [1.54, 1.807) is 42.7 Å². The van der Waals surface area contributed by atoms with Gasteiger partial charge in [0.15, 0.2) is 0 Å². The molecule has 0 atom stereocenters. The highest BCUT2D eigenvalue weighted by molar-refractivity contribution is 6.07. The summed E-state index contributed by atoms with van der Waals surface area (Å²) in [6.07, 6.45) is 3.42. The first-order valence-electron chi connectivity index (χ1n) is 9.41. The van der Waals surface area contributed by atoms with Crippen LogP contribution in [-0.2, 0) is 11.3 Å². The number of carbonyl (C=O) groups excluding carboxylic acids is 2. The lowest BCUT2D eigenvalue weighted by Crippen LogP contribution is -2.23. The number of fused-ring (bicyclic) bond motifs is 1. The first-order chi connectivity index (χ1) is 14.7. The minimum atomic E-state index is -0.392. The number of aromatic nitrogens is 2.